The second-order valence-corrected chi connectivity index (χ2v) is 9.49. The SMILES string of the molecule is Nc1ncc(-c2nc(N3CCOCC3)c3ncc(-c4ccc(C(=O)N5CCC(O)CC5)cc4)cc3n2)cn1. The van der Waals surface area contributed by atoms with Gasteiger partial charge in [0.05, 0.1) is 30.4 Å². The van der Waals surface area contributed by atoms with Crippen LogP contribution in [0.15, 0.2) is 48.9 Å². The van der Waals surface area contributed by atoms with Gasteiger partial charge >= 0.3 is 0 Å². The topological polar surface area (TPSA) is 143 Å². The molecule has 0 radical (unpaired) electrons. The lowest BCUT2D eigenvalue weighted by Crippen LogP contribution is -2.40. The number of aliphatic hydroxyl groups is 1. The second kappa shape index (κ2) is 10.3. The standard InChI is InChI=1S/C27H28N8O3/c28-27-30-15-20(16-31-27)24-32-22-13-19(14-29-23(22)25(33-24)34-9-11-38-12-10-34)17-1-3-18(4-2-17)26(37)35-7-5-21(36)6-8-35/h1-4,13-16,21,36H,5-12H2,(H2,28,30,31). The lowest BCUT2D eigenvalue weighted by molar-refractivity contribution is 0.0546. The van der Waals surface area contributed by atoms with Crippen LogP contribution in [-0.2, 0) is 4.74 Å². The number of hydrogen-bond donors (Lipinski definition) is 2. The number of carbonyl (C=O) groups is 1. The summed E-state index contributed by atoms with van der Waals surface area (Å²) in [6.07, 6.45) is 5.95. The number of benzene rings is 1. The maximum atomic E-state index is 12.9. The number of morpholine rings is 1. The first kappa shape index (κ1) is 24.1. The van der Waals surface area contributed by atoms with Gasteiger partial charge in [0.1, 0.15) is 5.52 Å². The Morgan fingerprint density at radius 3 is 2.29 bits per heavy atom. The summed E-state index contributed by atoms with van der Waals surface area (Å²) in [5.74, 6) is 1.40. The van der Waals surface area contributed by atoms with Gasteiger partial charge in [-0.3, -0.25) is 9.78 Å². The Hall–Kier alpha value is -4.22. The van der Waals surface area contributed by atoms with E-state index in [1.165, 1.54) is 0 Å². The van der Waals surface area contributed by atoms with Gasteiger partial charge in [-0.15, -0.1) is 0 Å². The van der Waals surface area contributed by atoms with Gasteiger partial charge in [0, 0.05) is 55.9 Å². The molecule has 0 spiro atoms. The van der Waals surface area contributed by atoms with Crippen LogP contribution < -0.4 is 10.6 Å². The minimum absolute atomic E-state index is 0.0154. The third-order valence-corrected chi connectivity index (χ3v) is 6.98. The predicted octanol–water partition coefficient (Wildman–Crippen LogP) is 2.16. The summed E-state index contributed by atoms with van der Waals surface area (Å²) in [5.41, 5.74) is 10.2. The van der Waals surface area contributed by atoms with E-state index in [0.29, 0.717) is 80.2 Å². The number of nitrogen functional groups attached to an aromatic ring is 1. The van der Waals surface area contributed by atoms with Crippen LogP contribution in [0.1, 0.15) is 23.2 Å². The van der Waals surface area contributed by atoms with Gasteiger partial charge in [0.25, 0.3) is 5.91 Å². The summed E-state index contributed by atoms with van der Waals surface area (Å²) < 4.78 is 5.53. The van der Waals surface area contributed by atoms with Crippen molar-refractivity contribution in [2.45, 2.75) is 18.9 Å². The largest absolute Gasteiger partial charge is 0.393 e. The van der Waals surface area contributed by atoms with E-state index >= 15 is 0 Å². The fourth-order valence-corrected chi connectivity index (χ4v) is 4.80. The van der Waals surface area contributed by atoms with Crippen molar-refractivity contribution < 1.29 is 14.6 Å². The predicted molar refractivity (Wildman–Crippen MR) is 142 cm³/mol. The number of carbonyl (C=O) groups excluding carboxylic acids is 1. The normalized spacial score (nSPS) is 16.7. The number of rotatable bonds is 4. The summed E-state index contributed by atoms with van der Waals surface area (Å²) in [6, 6.07) is 9.51. The molecule has 2 aliphatic heterocycles. The number of likely N-dealkylation sites (tertiary alicyclic amines) is 1. The third-order valence-electron chi connectivity index (χ3n) is 6.98. The fourth-order valence-electron chi connectivity index (χ4n) is 4.80. The smallest absolute Gasteiger partial charge is 0.253 e. The van der Waals surface area contributed by atoms with E-state index in [1.54, 1.807) is 17.3 Å². The molecule has 1 amide bonds. The molecule has 0 bridgehead atoms. The molecule has 3 aromatic heterocycles. The summed E-state index contributed by atoms with van der Waals surface area (Å²) >= 11 is 0. The van der Waals surface area contributed by atoms with Gasteiger partial charge in [-0.25, -0.2) is 19.9 Å². The van der Waals surface area contributed by atoms with Gasteiger partial charge in [-0.2, -0.15) is 0 Å². The van der Waals surface area contributed by atoms with Crippen LogP contribution in [-0.4, -0.2) is 86.3 Å². The molecule has 0 unspecified atom stereocenters. The first-order valence-electron chi connectivity index (χ1n) is 12.7. The zero-order chi connectivity index (χ0) is 26.1. The minimum Gasteiger partial charge on any atom is -0.393 e. The van der Waals surface area contributed by atoms with Crippen molar-refractivity contribution >= 4 is 28.7 Å². The average Bonchev–Trinajstić information content (AvgIpc) is 2.97. The quantitative estimate of drug-likeness (QED) is 0.417. The molecule has 6 rings (SSSR count). The van der Waals surface area contributed by atoms with Gasteiger partial charge in [0.15, 0.2) is 11.6 Å². The fraction of sp³-hybridized carbons (Fsp3) is 0.333. The monoisotopic (exact) mass is 512 g/mol. The maximum Gasteiger partial charge on any atom is 0.253 e. The number of anilines is 2. The van der Waals surface area contributed by atoms with Crippen LogP contribution in [0.3, 0.4) is 0 Å². The Morgan fingerprint density at radius 2 is 1.58 bits per heavy atom. The van der Waals surface area contributed by atoms with E-state index in [2.05, 4.69) is 14.9 Å². The first-order valence-corrected chi connectivity index (χ1v) is 12.7. The highest BCUT2D eigenvalue weighted by Crippen LogP contribution is 2.30. The number of nitrogens with zero attached hydrogens (tertiary/aromatic N) is 7. The maximum absolute atomic E-state index is 12.9. The molecular weight excluding hydrogens is 484 g/mol. The Morgan fingerprint density at radius 1 is 0.895 bits per heavy atom. The van der Waals surface area contributed by atoms with Crippen molar-refractivity contribution in [1.29, 1.82) is 0 Å². The Labute approximate surface area is 219 Å². The van der Waals surface area contributed by atoms with Crippen molar-refractivity contribution in [3.63, 3.8) is 0 Å². The number of fused-ring (bicyclic) bond motifs is 1. The van der Waals surface area contributed by atoms with Gasteiger partial charge in [0.2, 0.25) is 5.95 Å². The molecule has 2 saturated heterocycles. The zero-order valence-electron chi connectivity index (χ0n) is 20.8. The first-order chi connectivity index (χ1) is 18.5. The Kier molecular flexibility index (Phi) is 6.52. The van der Waals surface area contributed by atoms with Crippen molar-refractivity contribution in [2.75, 3.05) is 50.0 Å². The molecule has 0 saturated carbocycles. The molecule has 0 atom stereocenters. The third kappa shape index (κ3) is 4.85. The van der Waals surface area contributed by atoms with Gasteiger partial charge < -0.3 is 25.4 Å². The van der Waals surface area contributed by atoms with Crippen LogP contribution in [0, 0.1) is 0 Å². The summed E-state index contributed by atoms with van der Waals surface area (Å²) in [4.78, 5) is 39.4. The van der Waals surface area contributed by atoms with Gasteiger partial charge in [-0.05, 0) is 36.6 Å². The molecule has 2 fully saturated rings. The molecule has 11 heteroatoms. The lowest BCUT2D eigenvalue weighted by atomic mass is 10.0. The average molecular weight is 513 g/mol. The Bertz CT molecular complexity index is 1450. The second-order valence-electron chi connectivity index (χ2n) is 9.49. The van der Waals surface area contributed by atoms with Crippen molar-refractivity contribution in [2.24, 2.45) is 0 Å². The number of ether oxygens (including phenoxy) is 1. The molecular formula is C27H28N8O3. The molecule has 5 heterocycles. The molecule has 3 N–H and O–H groups in total. The van der Waals surface area contributed by atoms with E-state index in [1.807, 2.05) is 36.5 Å². The molecule has 0 aliphatic carbocycles. The highest BCUT2D eigenvalue weighted by Gasteiger charge is 2.23. The highest BCUT2D eigenvalue weighted by molar-refractivity contribution is 5.95. The van der Waals surface area contributed by atoms with Crippen molar-refractivity contribution in [3.8, 4) is 22.5 Å². The molecule has 11 nitrogen and oxygen atoms in total. The molecule has 38 heavy (non-hydrogen) atoms. The summed E-state index contributed by atoms with van der Waals surface area (Å²) in [6.45, 7) is 3.79. The van der Waals surface area contributed by atoms with Crippen molar-refractivity contribution in [3.05, 3.63) is 54.5 Å². The van der Waals surface area contributed by atoms with Crippen LogP contribution in [0.4, 0.5) is 11.8 Å². The number of amides is 1. The lowest BCUT2D eigenvalue weighted by Gasteiger charge is -2.29. The highest BCUT2D eigenvalue weighted by atomic mass is 16.5. The van der Waals surface area contributed by atoms with E-state index in [9.17, 15) is 9.90 Å². The van der Waals surface area contributed by atoms with Gasteiger partial charge in [-0.1, -0.05) is 12.1 Å². The van der Waals surface area contributed by atoms with Crippen LogP contribution >= 0.6 is 0 Å². The van der Waals surface area contributed by atoms with Crippen LogP contribution in [0.2, 0.25) is 0 Å². The number of nitrogens with two attached hydrogens (primary N) is 1. The summed E-state index contributed by atoms with van der Waals surface area (Å²) in [5, 5.41) is 9.73. The minimum atomic E-state index is -0.317. The number of pyridine rings is 1. The summed E-state index contributed by atoms with van der Waals surface area (Å²) in [7, 11) is 0. The number of piperidine rings is 1. The number of aromatic nitrogens is 5. The molecule has 2 aliphatic rings. The van der Waals surface area contributed by atoms with Crippen molar-refractivity contribution in [1.82, 2.24) is 29.8 Å². The molecule has 1 aromatic carbocycles. The molecule has 4 aromatic rings. The number of hydrogen-bond acceptors (Lipinski definition) is 10. The van der Waals surface area contributed by atoms with Crippen LogP contribution in [0.5, 0.6) is 0 Å². The number of aliphatic hydroxyl groups excluding tert-OH is 1. The van der Waals surface area contributed by atoms with E-state index < -0.39 is 0 Å². The van der Waals surface area contributed by atoms with Crippen LogP contribution in [0.25, 0.3) is 33.5 Å². The zero-order valence-corrected chi connectivity index (χ0v) is 20.8. The van der Waals surface area contributed by atoms with E-state index in [4.69, 9.17) is 25.4 Å². The van der Waals surface area contributed by atoms with E-state index in [-0.39, 0.29) is 18.0 Å². The van der Waals surface area contributed by atoms with E-state index in [0.717, 1.165) is 16.9 Å². The Balaban J connectivity index is 1.34. The molecule has 194 valence electrons.